The van der Waals surface area contributed by atoms with Crippen LogP contribution in [0.3, 0.4) is 0 Å². The van der Waals surface area contributed by atoms with Crippen molar-refractivity contribution >= 4 is 23.6 Å². The van der Waals surface area contributed by atoms with Crippen LogP contribution in [0.1, 0.15) is 71.8 Å². The predicted octanol–water partition coefficient (Wildman–Crippen LogP) is 2.97. The highest BCUT2D eigenvalue weighted by Crippen LogP contribution is 2.50. The van der Waals surface area contributed by atoms with Crippen LogP contribution in [0, 0.1) is 22.7 Å². The van der Waals surface area contributed by atoms with E-state index in [0.29, 0.717) is 19.3 Å². The van der Waals surface area contributed by atoms with Crippen molar-refractivity contribution < 1.29 is 19.2 Å². The summed E-state index contributed by atoms with van der Waals surface area (Å²) in [6, 6.07) is 9.71. The molecule has 0 bridgehead atoms. The van der Waals surface area contributed by atoms with E-state index in [0.717, 1.165) is 12.0 Å². The molecule has 1 aromatic carbocycles. The van der Waals surface area contributed by atoms with E-state index in [2.05, 4.69) is 39.8 Å². The Hall–Kier alpha value is -2.84. The van der Waals surface area contributed by atoms with Gasteiger partial charge in [0, 0.05) is 42.7 Å². The Bertz CT molecular complexity index is 1130. The van der Waals surface area contributed by atoms with Crippen molar-refractivity contribution in [1.82, 2.24) is 9.80 Å². The van der Waals surface area contributed by atoms with Gasteiger partial charge in [-0.2, -0.15) is 0 Å². The number of imide groups is 2. The Morgan fingerprint density at radius 1 is 0.921 bits per heavy atom. The van der Waals surface area contributed by atoms with Crippen molar-refractivity contribution in [2.24, 2.45) is 34.1 Å². The van der Waals surface area contributed by atoms with Gasteiger partial charge in [-0.15, -0.1) is 0 Å². The molecule has 1 aromatic rings. The van der Waals surface area contributed by atoms with Crippen LogP contribution in [0.2, 0.25) is 0 Å². The van der Waals surface area contributed by atoms with E-state index in [-0.39, 0.29) is 83.6 Å². The van der Waals surface area contributed by atoms with E-state index in [9.17, 15) is 19.2 Å². The molecule has 206 valence electrons. The molecule has 5 unspecified atom stereocenters. The van der Waals surface area contributed by atoms with Crippen molar-refractivity contribution in [3.63, 3.8) is 0 Å². The molecule has 4 N–H and O–H groups in total. The molecule has 4 amide bonds. The van der Waals surface area contributed by atoms with Gasteiger partial charge < -0.3 is 11.5 Å². The Morgan fingerprint density at radius 3 is 2.05 bits per heavy atom. The second kappa shape index (κ2) is 10.4. The monoisotopic (exact) mass is 522 g/mol. The number of benzene rings is 1. The highest BCUT2D eigenvalue weighted by Gasteiger charge is 2.52. The fraction of sp³-hybridized carbons (Fsp3) is 0.600. The summed E-state index contributed by atoms with van der Waals surface area (Å²) >= 11 is 0. The lowest BCUT2D eigenvalue weighted by atomic mass is 9.62. The van der Waals surface area contributed by atoms with Gasteiger partial charge in [-0.3, -0.25) is 29.0 Å². The zero-order chi connectivity index (χ0) is 28.0. The average molecular weight is 523 g/mol. The molecule has 8 heteroatoms. The number of amides is 4. The van der Waals surface area contributed by atoms with E-state index in [1.54, 1.807) is 0 Å². The fourth-order valence-corrected chi connectivity index (χ4v) is 7.36. The van der Waals surface area contributed by atoms with Crippen LogP contribution in [0.15, 0.2) is 41.5 Å². The number of rotatable bonds is 8. The van der Waals surface area contributed by atoms with E-state index in [4.69, 9.17) is 11.5 Å². The SMILES string of the molecule is CC(CC1C(=O)N(CC2(C)CC(N3C(=O)C(CN)=C(CN)C3=O)CC(C)(C)C2)C(=O)C1C)c1ccccc1. The number of hydrogen-bond acceptors (Lipinski definition) is 6. The molecule has 8 nitrogen and oxygen atoms in total. The number of nitrogens with zero attached hydrogens (tertiary/aromatic N) is 2. The standard InChI is InChI=1S/C30H42N4O4/c1-18(20-9-7-6-8-10-20)11-22-19(2)25(35)33(26(22)36)17-30(5)13-21(12-29(3,4)16-30)34-27(37)23(14-31)24(15-32)28(34)38/h6-10,18-19,21-22H,11-17,31-32H2,1-5H3. The normalized spacial score (nSPS) is 30.6. The minimum atomic E-state index is -0.452. The van der Waals surface area contributed by atoms with Crippen LogP contribution < -0.4 is 11.5 Å². The first-order valence-electron chi connectivity index (χ1n) is 13.7. The van der Waals surface area contributed by atoms with Gasteiger partial charge in [0.05, 0.1) is 5.92 Å². The molecular weight excluding hydrogens is 480 g/mol. The smallest absolute Gasteiger partial charge is 0.258 e. The van der Waals surface area contributed by atoms with E-state index < -0.39 is 5.41 Å². The maximum atomic E-state index is 13.6. The summed E-state index contributed by atoms with van der Waals surface area (Å²) in [5, 5.41) is 0. The van der Waals surface area contributed by atoms with Gasteiger partial charge in [0.25, 0.3) is 11.8 Å². The van der Waals surface area contributed by atoms with Gasteiger partial charge in [-0.05, 0) is 48.0 Å². The third kappa shape index (κ3) is 5.08. The molecule has 4 rings (SSSR count). The first-order valence-corrected chi connectivity index (χ1v) is 13.7. The highest BCUT2D eigenvalue weighted by atomic mass is 16.2. The molecule has 2 aliphatic heterocycles. The number of likely N-dealkylation sites (tertiary alicyclic amines) is 1. The maximum Gasteiger partial charge on any atom is 0.258 e. The van der Waals surface area contributed by atoms with Gasteiger partial charge in [0.1, 0.15) is 0 Å². The number of carbonyl (C=O) groups is 4. The second-order valence-corrected chi connectivity index (χ2v) is 12.8. The minimum Gasteiger partial charge on any atom is -0.326 e. The maximum absolute atomic E-state index is 13.6. The Morgan fingerprint density at radius 2 is 1.50 bits per heavy atom. The molecule has 1 saturated heterocycles. The first kappa shape index (κ1) is 28.2. The van der Waals surface area contributed by atoms with Gasteiger partial charge in [-0.1, -0.05) is 65.0 Å². The summed E-state index contributed by atoms with van der Waals surface area (Å²) in [5.41, 5.74) is 12.7. The molecule has 1 aliphatic carbocycles. The third-order valence-electron chi connectivity index (χ3n) is 8.87. The lowest BCUT2D eigenvalue weighted by molar-refractivity contribution is -0.148. The number of carbonyl (C=O) groups excluding carboxylic acids is 4. The zero-order valence-electron chi connectivity index (χ0n) is 23.3. The molecule has 0 aromatic heterocycles. The summed E-state index contributed by atoms with van der Waals surface area (Å²) in [7, 11) is 0. The Kier molecular flexibility index (Phi) is 7.70. The Balaban J connectivity index is 1.53. The quantitative estimate of drug-likeness (QED) is 0.506. The van der Waals surface area contributed by atoms with E-state index >= 15 is 0 Å². The molecule has 5 atom stereocenters. The number of hydrogen-bond donors (Lipinski definition) is 2. The molecule has 2 fully saturated rings. The van der Waals surface area contributed by atoms with Gasteiger partial charge in [-0.25, -0.2) is 0 Å². The average Bonchev–Trinajstić information content (AvgIpc) is 3.21. The first-order chi connectivity index (χ1) is 17.8. The number of nitrogens with two attached hydrogens (primary N) is 2. The van der Waals surface area contributed by atoms with Crippen molar-refractivity contribution in [1.29, 1.82) is 0 Å². The lowest BCUT2D eigenvalue weighted by Crippen LogP contribution is -2.53. The molecule has 2 heterocycles. The van der Waals surface area contributed by atoms with Crippen molar-refractivity contribution in [2.45, 2.75) is 72.3 Å². The molecule has 3 aliphatic rings. The summed E-state index contributed by atoms with van der Waals surface area (Å²) in [6.45, 7) is 10.5. The lowest BCUT2D eigenvalue weighted by Gasteiger charge is -2.49. The summed E-state index contributed by atoms with van der Waals surface area (Å²) in [5.74, 6) is -1.56. The topological polar surface area (TPSA) is 127 Å². The van der Waals surface area contributed by atoms with Crippen molar-refractivity contribution in [3.05, 3.63) is 47.0 Å². The Labute approximate surface area is 225 Å². The van der Waals surface area contributed by atoms with E-state index in [1.807, 2.05) is 25.1 Å². The van der Waals surface area contributed by atoms with Crippen LogP contribution in [0.5, 0.6) is 0 Å². The van der Waals surface area contributed by atoms with Crippen LogP contribution in [-0.4, -0.2) is 59.1 Å². The summed E-state index contributed by atoms with van der Waals surface area (Å²) < 4.78 is 0. The molecule has 0 spiro atoms. The highest BCUT2D eigenvalue weighted by molar-refractivity contribution is 6.20. The van der Waals surface area contributed by atoms with Crippen LogP contribution >= 0.6 is 0 Å². The molecule has 0 radical (unpaired) electrons. The summed E-state index contributed by atoms with van der Waals surface area (Å²) in [4.78, 5) is 56.2. The van der Waals surface area contributed by atoms with Crippen LogP contribution in [0.25, 0.3) is 0 Å². The molecule has 1 saturated carbocycles. The van der Waals surface area contributed by atoms with Gasteiger partial charge in [0.15, 0.2) is 0 Å². The van der Waals surface area contributed by atoms with Crippen LogP contribution in [0.4, 0.5) is 0 Å². The van der Waals surface area contributed by atoms with Crippen molar-refractivity contribution in [3.8, 4) is 0 Å². The minimum absolute atomic E-state index is 0.0293. The van der Waals surface area contributed by atoms with Crippen LogP contribution in [-0.2, 0) is 19.2 Å². The van der Waals surface area contributed by atoms with Crippen molar-refractivity contribution in [2.75, 3.05) is 19.6 Å². The van der Waals surface area contributed by atoms with E-state index in [1.165, 1.54) is 9.80 Å². The fourth-order valence-electron chi connectivity index (χ4n) is 7.36. The second-order valence-electron chi connectivity index (χ2n) is 12.8. The summed E-state index contributed by atoms with van der Waals surface area (Å²) in [6.07, 6.45) is 2.54. The predicted molar refractivity (Wildman–Crippen MR) is 145 cm³/mol. The van der Waals surface area contributed by atoms with Gasteiger partial charge >= 0.3 is 0 Å². The largest absolute Gasteiger partial charge is 0.326 e. The molecular formula is C30H42N4O4. The third-order valence-corrected chi connectivity index (χ3v) is 8.87. The van der Waals surface area contributed by atoms with Gasteiger partial charge in [0.2, 0.25) is 11.8 Å². The zero-order valence-corrected chi connectivity index (χ0v) is 23.3. The molecule has 38 heavy (non-hydrogen) atoms.